The van der Waals surface area contributed by atoms with E-state index in [2.05, 4.69) is 42.3 Å². The Bertz CT molecular complexity index is 782. The Kier molecular flexibility index (Phi) is 5.74. The molecule has 1 aliphatic carbocycles. The Morgan fingerprint density at radius 1 is 1.28 bits per heavy atom. The first-order valence-corrected chi connectivity index (χ1v) is 11.7. The first kappa shape index (κ1) is 20.5. The summed E-state index contributed by atoms with van der Waals surface area (Å²) in [6.45, 7) is 6.39. The van der Waals surface area contributed by atoms with E-state index >= 15 is 0 Å². The summed E-state index contributed by atoms with van der Waals surface area (Å²) in [5, 5.41) is 3.21. The van der Waals surface area contributed by atoms with Crippen molar-refractivity contribution in [3.05, 3.63) is 35.9 Å². The Labute approximate surface area is 175 Å². The van der Waals surface area contributed by atoms with Crippen LogP contribution in [-0.4, -0.2) is 35.5 Å². The van der Waals surface area contributed by atoms with Gasteiger partial charge in [-0.2, -0.15) is 0 Å². The highest BCUT2D eigenvalue weighted by molar-refractivity contribution is 5.80. The van der Waals surface area contributed by atoms with Gasteiger partial charge < -0.3 is 11.1 Å². The molecule has 0 bridgehead atoms. The summed E-state index contributed by atoms with van der Waals surface area (Å²) in [5.74, 6) is 0.240. The van der Waals surface area contributed by atoms with Gasteiger partial charge in [0.05, 0.1) is 5.54 Å². The van der Waals surface area contributed by atoms with E-state index in [1.54, 1.807) is 0 Å². The van der Waals surface area contributed by atoms with E-state index in [4.69, 9.17) is 5.73 Å². The minimum absolute atomic E-state index is 0.0416. The summed E-state index contributed by atoms with van der Waals surface area (Å²) in [5.41, 5.74) is 9.85. The number of nitrogens with zero attached hydrogens (tertiary/aromatic N) is 1. The van der Waals surface area contributed by atoms with E-state index in [1.165, 1.54) is 36.8 Å². The van der Waals surface area contributed by atoms with Gasteiger partial charge in [0, 0.05) is 42.2 Å². The molecular formula is C25H37N3O. The molecule has 2 fully saturated rings. The molecule has 4 nitrogen and oxygen atoms in total. The first-order chi connectivity index (χ1) is 14.1. The highest BCUT2D eigenvalue weighted by atomic mass is 16.1. The zero-order chi connectivity index (χ0) is 20.5. The van der Waals surface area contributed by atoms with E-state index < -0.39 is 0 Å². The number of nitrogens with two attached hydrogens (primary N) is 1. The van der Waals surface area contributed by atoms with Gasteiger partial charge in [-0.15, -0.1) is 0 Å². The Balaban J connectivity index is 1.60. The van der Waals surface area contributed by atoms with Crippen LogP contribution in [0.4, 0.5) is 5.69 Å². The molecule has 2 unspecified atom stereocenters. The van der Waals surface area contributed by atoms with Crippen LogP contribution in [-0.2, 0) is 4.79 Å². The minimum Gasteiger partial charge on any atom is -0.398 e. The fourth-order valence-corrected chi connectivity index (χ4v) is 6.33. The normalized spacial score (nSPS) is 32.7. The number of para-hydroxylation sites is 1. The molecule has 1 saturated heterocycles. The van der Waals surface area contributed by atoms with Gasteiger partial charge in [0.15, 0.2) is 0 Å². The van der Waals surface area contributed by atoms with Crippen LogP contribution >= 0.6 is 0 Å². The molecule has 1 saturated carbocycles. The minimum atomic E-state index is 0.0416. The van der Waals surface area contributed by atoms with Gasteiger partial charge >= 0.3 is 0 Å². The van der Waals surface area contributed by atoms with Crippen LogP contribution in [0.5, 0.6) is 0 Å². The quantitative estimate of drug-likeness (QED) is 0.379. The third kappa shape index (κ3) is 3.39. The van der Waals surface area contributed by atoms with Crippen molar-refractivity contribution in [2.75, 3.05) is 18.8 Å². The number of rotatable bonds is 8. The van der Waals surface area contributed by atoms with Crippen molar-refractivity contribution in [1.82, 2.24) is 10.2 Å². The van der Waals surface area contributed by atoms with Crippen molar-refractivity contribution < 1.29 is 4.79 Å². The smallest absolute Gasteiger partial charge is 0.220 e. The number of hydrogen-bond acceptors (Lipinski definition) is 3. The number of hydrogen-bond donors (Lipinski definition) is 2. The molecule has 29 heavy (non-hydrogen) atoms. The second-order valence-electron chi connectivity index (χ2n) is 9.30. The average Bonchev–Trinajstić information content (AvgIpc) is 3.41. The zero-order valence-corrected chi connectivity index (χ0v) is 18.2. The molecule has 4 rings (SSSR count). The van der Waals surface area contributed by atoms with E-state index in [-0.39, 0.29) is 16.9 Å². The number of nitrogens with one attached hydrogen (secondary N) is 1. The molecule has 2 aliphatic heterocycles. The SMILES string of the molecule is CCCCCNC(=O)C[C@]1(CC)CCCC2N3CCC(c4ccccc4N)=C[C@]231. The Morgan fingerprint density at radius 2 is 2.10 bits per heavy atom. The molecule has 158 valence electrons. The van der Waals surface area contributed by atoms with Crippen LogP contribution in [0.2, 0.25) is 0 Å². The molecule has 3 aliphatic rings. The number of unbranched alkanes of at least 4 members (excludes halogenated alkanes) is 2. The summed E-state index contributed by atoms with van der Waals surface area (Å²) < 4.78 is 0. The van der Waals surface area contributed by atoms with Crippen LogP contribution in [0.25, 0.3) is 5.57 Å². The Hall–Kier alpha value is -1.81. The van der Waals surface area contributed by atoms with Gasteiger partial charge in [-0.1, -0.05) is 57.4 Å². The van der Waals surface area contributed by atoms with Gasteiger partial charge in [-0.3, -0.25) is 9.69 Å². The van der Waals surface area contributed by atoms with Crippen LogP contribution in [0.15, 0.2) is 30.3 Å². The number of fused-ring (bicyclic) bond motifs is 1. The fourth-order valence-electron chi connectivity index (χ4n) is 6.33. The second kappa shape index (κ2) is 8.14. The summed E-state index contributed by atoms with van der Waals surface area (Å²) in [7, 11) is 0. The highest BCUT2D eigenvalue weighted by Gasteiger charge is 2.72. The van der Waals surface area contributed by atoms with Crippen molar-refractivity contribution in [3.63, 3.8) is 0 Å². The second-order valence-corrected chi connectivity index (χ2v) is 9.30. The van der Waals surface area contributed by atoms with Crippen molar-refractivity contribution in [2.24, 2.45) is 5.41 Å². The van der Waals surface area contributed by atoms with E-state index in [1.807, 2.05) is 12.1 Å². The maximum atomic E-state index is 12.9. The lowest BCUT2D eigenvalue weighted by Gasteiger charge is -2.44. The van der Waals surface area contributed by atoms with Crippen LogP contribution in [0.3, 0.4) is 0 Å². The molecular weight excluding hydrogens is 358 g/mol. The topological polar surface area (TPSA) is 58.1 Å². The predicted octanol–water partition coefficient (Wildman–Crippen LogP) is 4.76. The number of carbonyl (C=O) groups excluding carboxylic acids is 1. The summed E-state index contributed by atoms with van der Waals surface area (Å²) >= 11 is 0. The zero-order valence-electron chi connectivity index (χ0n) is 18.2. The largest absolute Gasteiger partial charge is 0.398 e. The van der Waals surface area contributed by atoms with Crippen LogP contribution in [0.1, 0.15) is 77.2 Å². The fraction of sp³-hybridized carbons (Fsp3) is 0.640. The maximum absolute atomic E-state index is 12.9. The third-order valence-electron chi connectivity index (χ3n) is 7.88. The van der Waals surface area contributed by atoms with Crippen LogP contribution in [0, 0.1) is 5.41 Å². The molecule has 3 N–H and O–H groups in total. The average molecular weight is 396 g/mol. The standard InChI is InChI=1S/C25H37N3O/c1-3-5-8-15-27-23(29)18-24(4-2)14-9-12-22-25(24)17-19(13-16-28(22)25)20-10-6-7-11-21(20)26/h6-7,10-11,17,22H,3-5,8-9,12-16,18,26H2,1-2H3,(H,27,29)/t22?,24-,25+,28?/m0/s1. The van der Waals surface area contributed by atoms with Crippen molar-refractivity contribution in [2.45, 2.75) is 83.2 Å². The molecule has 4 atom stereocenters. The number of amides is 1. The van der Waals surface area contributed by atoms with Gasteiger partial charge in [0.25, 0.3) is 0 Å². The molecule has 0 aromatic heterocycles. The van der Waals surface area contributed by atoms with Crippen LogP contribution < -0.4 is 11.1 Å². The van der Waals surface area contributed by atoms with E-state index in [9.17, 15) is 4.79 Å². The maximum Gasteiger partial charge on any atom is 0.220 e. The predicted molar refractivity (Wildman–Crippen MR) is 120 cm³/mol. The van der Waals surface area contributed by atoms with Crippen molar-refractivity contribution >= 4 is 17.2 Å². The number of benzene rings is 1. The number of nitrogen functional groups attached to an aromatic ring is 1. The van der Waals surface area contributed by atoms with Gasteiger partial charge in [0.2, 0.25) is 5.91 Å². The molecule has 2 heterocycles. The highest BCUT2D eigenvalue weighted by Crippen LogP contribution is 2.66. The van der Waals surface area contributed by atoms with Crippen molar-refractivity contribution in [3.8, 4) is 0 Å². The number of carbonyl (C=O) groups is 1. The molecule has 1 aromatic rings. The molecule has 1 spiro atoms. The van der Waals surface area contributed by atoms with Gasteiger partial charge in [-0.25, -0.2) is 0 Å². The van der Waals surface area contributed by atoms with Gasteiger partial charge in [0.1, 0.15) is 0 Å². The van der Waals surface area contributed by atoms with Crippen molar-refractivity contribution in [1.29, 1.82) is 0 Å². The first-order valence-electron chi connectivity index (χ1n) is 11.7. The molecule has 1 amide bonds. The molecule has 0 radical (unpaired) electrons. The Morgan fingerprint density at radius 3 is 2.86 bits per heavy atom. The number of anilines is 1. The molecule has 4 heteroatoms. The third-order valence-corrected chi connectivity index (χ3v) is 7.88. The lowest BCUT2D eigenvalue weighted by atomic mass is 9.61. The summed E-state index contributed by atoms with van der Waals surface area (Å²) in [4.78, 5) is 15.6. The van der Waals surface area contributed by atoms with E-state index in [0.29, 0.717) is 12.5 Å². The lowest BCUT2D eigenvalue weighted by Crippen LogP contribution is -2.47. The van der Waals surface area contributed by atoms with Gasteiger partial charge in [-0.05, 0) is 43.7 Å². The molecule has 1 aromatic carbocycles. The lowest BCUT2D eigenvalue weighted by molar-refractivity contribution is -0.124. The summed E-state index contributed by atoms with van der Waals surface area (Å²) in [6.07, 6.45) is 12.4. The monoisotopic (exact) mass is 395 g/mol. The summed E-state index contributed by atoms with van der Waals surface area (Å²) in [6, 6.07) is 8.85. The van der Waals surface area contributed by atoms with E-state index in [0.717, 1.165) is 44.5 Å².